The lowest BCUT2D eigenvalue weighted by Gasteiger charge is -2.07. The molecule has 1 rings (SSSR count). The van der Waals surface area contributed by atoms with Crippen molar-refractivity contribution in [1.82, 2.24) is 4.98 Å². The van der Waals surface area contributed by atoms with Crippen LogP contribution in [0.2, 0.25) is 5.15 Å². The fraction of sp³-hybridized carbons (Fsp3) is 0.375. The van der Waals surface area contributed by atoms with Gasteiger partial charge in [0.2, 0.25) is 0 Å². The summed E-state index contributed by atoms with van der Waals surface area (Å²) < 4.78 is 0. The minimum atomic E-state index is 0.399. The first-order chi connectivity index (χ1) is 5.11. The zero-order valence-electron chi connectivity index (χ0n) is 6.63. The van der Waals surface area contributed by atoms with Gasteiger partial charge in [-0.2, -0.15) is 0 Å². The molecular formula is C8H11ClN2. The topological polar surface area (TPSA) is 38.9 Å². The van der Waals surface area contributed by atoms with Gasteiger partial charge >= 0.3 is 0 Å². The Labute approximate surface area is 71.4 Å². The molecule has 1 heterocycles. The van der Waals surface area contributed by atoms with E-state index in [2.05, 4.69) is 18.8 Å². The van der Waals surface area contributed by atoms with E-state index in [9.17, 15) is 0 Å². The maximum absolute atomic E-state index is 5.69. The molecule has 0 radical (unpaired) electrons. The summed E-state index contributed by atoms with van der Waals surface area (Å²) in [6.07, 6.45) is 1.59. The third kappa shape index (κ3) is 1.84. The first kappa shape index (κ1) is 8.34. The summed E-state index contributed by atoms with van der Waals surface area (Å²) in [6, 6.07) is 1.81. The smallest absolute Gasteiger partial charge is 0.129 e. The van der Waals surface area contributed by atoms with E-state index in [0.717, 1.165) is 5.56 Å². The Morgan fingerprint density at radius 3 is 2.64 bits per heavy atom. The van der Waals surface area contributed by atoms with Crippen LogP contribution in [-0.2, 0) is 0 Å². The van der Waals surface area contributed by atoms with Gasteiger partial charge in [0.15, 0.2) is 0 Å². The molecule has 11 heavy (non-hydrogen) atoms. The summed E-state index contributed by atoms with van der Waals surface area (Å²) in [7, 11) is 0. The van der Waals surface area contributed by atoms with Gasteiger partial charge in [-0.25, -0.2) is 4.98 Å². The Bertz CT molecular complexity index is 258. The molecule has 2 N–H and O–H groups in total. The summed E-state index contributed by atoms with van der Waals surface area (Å²) in [5.41, 5.74) is 7.44. The van der Waals surface area contributed by atoms with Gasteiger partial charge in [0.1, 0.15) is 5.15 Å². The number of anilines is 1. The van der Waals surface area contributed by atoms with Crippen molar-refractivity contribution in [1.29, 1.82) is 0 Å². The van der Waals surface area contributed by atoms with Crippen LogP contribution in [0.25, 0.3) is 0 Å². The summed E-state index contributed by atoms with van der Waals surface area (Å²) in [5, 5.41) is 0.503. The quantitative estimate of drug-likeness (QED) is 0.658. The van der Waals surface area contributed by atoms with Crippen LogP contribution in [0, 0.1) is 0 Å². The van der Waals surface area contributed by atoms with Crippen LogP contribution in [0.1, 0.15) is 25.3 Å². The summed E-state index contributed by atoms with van der Waals surface area (Å²) >= 11 is 5.69. The Morgan fingerprint density at radius 2 is 2.18 bits per heavy atom. The van der Waals surface area contributed by atoms with Crippen LogP contribution in [0.5, 0.6) is 0 Å². The number of nitrogens with two attached hydrogens (primary N) is 1. The molecule has 0 fully saturated rings. The van der Waals surface area contributed by atoms with Crippen molar-refractivity contribution in [3.8, 4) is 0 Å². The first-order valence-electron chi connectivity index (χ1n) is 3.52. The van der Waals surface area contributed by atoms with E-state index in [4.69, 9.17) is 17.3 Å². The minimum absolute atomic E-state index is 0.399. The lowest BCUT2D eigenvalue weighted by Crippen LogP contribution is -1.97. The maximum atomic E-state index is 5.69. The molecule has 0 unspecified atom stereocenters. The average Bonchev–Trinajstić information content (AvgIpc) is 1.94. The zero-order chi connectivity index (χ0) is 8.43. The van der Waals surface area contributed by atoms with Crippen molar-refractivity contribution in [3.63, 3.8) is 0 Å². The molecule has 60 valence electrons. The van der Waals surface area contributed by atoms with Crippen molar-refractivity contribution in [2.24, 2.45) is 0 Å². The van der Waals surface area contributed by atoms with Gasteiger partial charge in [-0.15, -0.1) is 0 Å². The highest BCUT2D eigenvalue weighted by molar-refractivity contribution is 6.29. The predicted molar refractivity (Wildman–Crippen MR) is 47.7 cm³/mol. The largest absolute Gasteiger partial charge is 0.397 e. The van der Waals surface area contributed by atoms with Crippen molar-refractivity contribution >= 4 is 17.3 Å². The van der Waals surface area contributed by atoms with Crippen molar-refractivity contribution in [3.05, 3.63) is 23.0 Å². The number of rotatable bonds is 1. The molecule has 0 aliphatic rings. The fourth-order valence-electron chi connectivity index (χ4n) is 0.955. The van der Waals surface area contributed by atoms with E-state index in [1.54, 1.807) is 6.20 Å². The molecule has 0 aromatic carbocycles. The van der Waals surface area contributed by atoms with Gasteiger partial charge < -0.3 is 5.73 Å². The van der Waals surface area contributed by atoms with Crippen molar-refractivity contribution < 1.29 is 0 Å². The number of pyridine rings is 1. The molecule has 1 aromatic heterocycles. The first-order valence-corrected chi connectivity index (χ1v) is 3.90. The van der Waals surface area contributed by atoms with Gasteiger partial charge in [-0.05, 0) is 17.5 Å². The van der Waals surface area contributed by atoms with Gasteiger partial charge in [0, 0.05) is 0 Å². The van der Waals surface area contributed by atoms with Gasteiger partial charge in [-0.1, -0.05) is 25.4 Å². The van der Waals surface area contributed by atoms with Crippen LogP contribution in [0.15, 0.2) is 12.3 Å². The molecule has 2 nitrogen and oxygen atoms in total. The average molecular weight is 171 g/mol. The summed E-state index contributed by atoms with van der Waals surface area (Å²) in [5.74, 6) is 0.399. The van der Waals surface area contributed by atoms with E-state index in [-0.39, 0.29) is 0 Å². The second kappa shape index (κ2) is 3.09. The summed E-state index contributed by atoms with van der Waals surface area (Å²) in [6.45, 7) is 4.14. The number of nitrogen functional groups attached to an aromatic ring is 1. The molecule has 0 amide bonds. The van der Waals surface area contributed by atoms with Gasteiger partial charge in [0.25, 0.3) is 0 Å². The van der Waals surface area contributed by atoms with Crippen LogP contribution in [-0.4, -0.2) is 4.98 Å². The standard InChI is InChI=1S/C8H11ClN2/c1-5(2)6-3-8(9)11-4-7(6)10/h3-5H,10H2,1-2H3. The minimum Gasteiger partial charge on any atom is -0.397 e. The van der Waals surface area contributed by atoms with Crippen LogP contribution in [0.4, 0.5) is 5.69 Å². The van der Waals surface area contributed by atoms with Crippen molar-refractivity contribution in [2.45, 2.75) is 19.8 Å². The molecule has 3 heteroatoms. The van der Waals surface area contributed by atoms with Crippen LogP contribution in [0.3, 0.4) is 0 Å². The highest BCUT2D eigenvalue weighted by atomic mass is 35.5. The third-order valence-electron chi connectivity index (χ3n) is 1.56. The zero-order valence-corrected chi connectivity index (χ0v) is 7.39. The molecule has 0 saturated heterocycles. The lowest BCUT2D eigenvalue weighted by atomic mass is 10.0. The fourth-order valence-corrected chi connectivity index (χ4v) is 1.12. The molecule has 0 aliphatic carbocycles. The number of halogens is 1. The van der Waals surface area contributed by atoms with Crippen LogP contribution < -0.4 is 5.73 Å². The Kier molecular flexibility index (Phi) is 2.35. The Hall–Kier alpha value is -0.760. The van der Waals surface area contributed by atoms with E-state index in [0.29, 0.717) is 16.8 Å². The molecule has 1 aromatic rings. The number of hydrogen-bond donors (Lipinski definition) is 1. The lowest BCUT2D eigenvalue weighted by molar-refractivity contribution is 0.866. The SMILES string of the molecule is CC(C)c1cc(Cl)ncc1N. The van der Waals surface area contributed by atoms with E-state index in [1.165, 1.54) is 0 Å². The summed E-state index contributed by atoms with van der Waals surface area (Å²) in [4.78, 5) is 3.86. The second-order valence-corrected chi connectivity index (χ2v) is 3.18. The van der Waals surface area contributed by atoms with E-state index >= 15 is 0 Å². The maximum Gasteiger partial charge on any atom is 0.129 e. The van der Waals surface area contributed by atoms with Crippen LogP contribution >= 0.6 is 11.6 Å². The number of hydrogen-bond acceptors (Lipinski definition) is 2. The highest BCUT2D eigenvalue weighted by Crippen LogP contribution is 2.22. The van der Waals surface area contributed by atoms with E-state index < -0.39 is 0 Å². The molecular weight excluding hydrogens is 160 g/mol. The molecule has 0 saturated carbocycles. The van der Waals surface area contributed by atoms with Gasteiger partial charge in [-0.3, -0.25) is 0 Å². The highest BCUT2D eigenvalue weighted by Gasteiger charge is 2.04. The Morgan fingerprint density at radius 1 is 1.55 bits per heavy atom. The second-order valence-electron chi connectivity index (χ2n) is 2.79. The van der Waals surface area contributed by atoms with Crippen molar-refractivity contribution in [2.75, 3.05) is 5.73 Å². The molecule has 0 spiro atoms. The predicted octanol–water partition coefficient (Wildman–Crippen LogP) is 2.44. The molecule has 0 atom stereocenters. The van der Waals surface area contributed by atoms with E-state index in [1.807, 2.05) is 6.07 Å². The molecule has 0 aliphatic heterocycles. The Balaban J connectivity index is 3.13. The third-order valence-corrected chi connectivity index (χ3v) is 1.76. The molecule has 0 bridgehead atoms. The number of nitrogens with zero attached hydrogens (tertiary/aromatic N) is 1. The normalized spacial score (nSPS) is 10.5. The number of aromatic nitrogens is 1. The van der Waals surface area contributed by atoms with Gasteiger partial charge in [0.05, 0.1) is 11.9 Å². The monoisotopic (exact) mass is 170 g/mol.